The molecule has 10 aliphatic rings. The molecule has 10 aromatic rings. The lowest BCUT2D eigenvalue weighted by Gasteiger charge is -2.34. The predicted octanol–water partition coefficient (Wildman–Crippen LogP) is 18.6. The van der Waals surface area contributed by atoms with Crippen LogP contribution in [0.15, 0.2) is 237 Å². The fourth-order valence-electron chi connectivity index (χ4n) is 15.3. The van der Waals surface area contributed by atoms with Gasteiger partial charge in [0, 0.05) is 212 Å². The molecule has 0 radical (unpaired) electrons. The number of piperazine rings is 5. The average molecular weight is 1630 g/mol. The summed E-state index contributed by atoms with van der Waals surface area (Å²) in [7, 11) is 10.8. The maximum atomic E-state index is 6.18. The van der Waals surface area contributed by atoms with Crippen molar-refractivity contribution in [2.75, 3.05) is 193 Å². The Balaban J connectivity index is 0.000000108. The van der Waals surface area contributed by atoms with Crippen molar-refractivity contribution >= 4 is 172 Å². The molecule has 20 nitrogen and oxygen atoms in total. The van der Waals surface area contributed by atoms with Gasteiger partial charge in [0.2, 0.25) is 0 Å². The molecule has 25 heteroatoms. The molecule has 0 unspecified atom stereocenters. The molecule has 5 N–H and O–H groups in total. The number of hydrogen-bond acceptors (Lipinski definition) is 20. The molecule has 10 aromatic carbocycles. The number of para-hydroxylation sites is 5. The maximum absolute atomic E-state index is 6.18. The number of nitrogens with zero attached hydrogens (tertiary/aromatic N) is 15. The SMILES string of the molecule is CN1CCN(C2=Nc3cc(Cl)ccc3Nc3ccccc32)CC1.CN1CCN(C2=Nc3cc(Cl)ccc3Nc3ccccc32)CC1.CN1CCN(C2=Nc3cc(Cl)ccc3Nc3ccccc32)CC1.CN1CCN(C2=Nc3cc(Cl)ccc3Nc3ccccc32)CC1.CN1CCN(C2=Nc3cc(Cl)ccc3Nc3ccccc32)CC1. The number of halogens is 5. The third-order valence-corrected chi connectivity index (χ3v) is 23.3. The van der Waals surface area contributed by atoms with Crippen LogP contribution < -0.4 is 26.6 Å². The number of hydrogen-bond donors (Lipinski definition) is 5. The van der Waals surface area contributed by atoms with Crippen molar-refractivity contribution in [1.82, 2.24) is 49.0 Å². The van der Waals surface area contributed by atoms with Crippen LogP contribution in [0.5, 0.6) is 0 Å². The third kappa shape index (κ3) is 18.7. The van der Waals surface area contributed by atoms with E-state index in [2.05, 4.69) is 202 Å². The maximum Gasteiger partial charge on any atom is 0.138 e. The number of fused-ring (bicyclic) bond motifs is 10. The lowest BCUT2D eigenvalue weighted by molar-refractivity contribution is 0.216. The lowest BCUT2D eigenvalue weighted by atomic mass is 10.1. The molecule has 0 atom stereocenters. The topological polar surface area (TPSA) is 154 Å². The van der Waals surface area contributed by atoms with Gasteiger partial charge in [-0.25, -0.2) is 25.0 Å². The van der Waals surface area contributed by atoms with Crippen LogP contribution in [0.1, 0.15) is 27.8 Å². The summed E-state index contributed by atoms with van der Waals surface area (Å²) in [5.41, 5.74) is 20.6. The number of likely N-dealkylation sites (N-methyl/N-ethyl adjacent to an activating group) is 5. The summed E-state index contributed by atoms with van der Waals surface area (Å²) < 4.78 is 0. The minimum absolute atomic E-state index is 0.706. The van der Waals surface area contributed by atoms with Crippen LogP contribution in [0, 0.1) is 0 Å². The summed E-state index contributed by atoms with van der Waals surface area (Å²) in [6.07, 6.45) is 0. The Morgan fingerprint density at radius 2 is 0.357 bits per heavy atom. The van der Waals surface area contributed by atoms with Crippen LogP contribution in [0.3, 0.4) is 0 Å². The summed E-state index contributed by atoms with van der Waals surface area (Å²) in [6, 6.07) is 70.8. The smallest absolute Gasteiger partial charge is 0.138 e. The Hall–Kier alpha value is -10.2. The Kier molecular flexibility index (Phi) is 24.6. The second-order valence-corrected chi connectivity index (χ2v) is 32.5. The van der Waals surface area contributed by atoms with Gasteiger partial charge in [-0.05, 0) is 187 Å². The summed E-state index contributed by atoms with van der Waals surface area (Å²) in [5.74, 6) is 5.15. The van der Waals surface area contributed by atoms with Crippen molar-refractivity contribution < 1.29 is 0 Å². The fraction of sp³-hybridized carbons (Fsp3) is 0.278. The molecule has 0 aromatic heterocycles. The summed E-state index contributed by atoms with van der Waals surface area (Å²) in [4.78, 5) is 48.4. The summed E-state index contributed by atoms with van der Waals surface area (Å²) >= 11 is 30.9. The molecule has 5 fully saturated rings. The highest BCUT2D eigenvalue weighted by molar-refractivity contribution is 6.33. The first-order chi connectivity index (χ1) is 56.0. The van der Waals surface area contributed by atoms with Gasteiger partial charge in [0.25, 0.3) is 0 Å². The molecule has 0 saturated carbocycles. The predicted molar refractivity (Wildman–Crippen MR) is 482 cm³/mol. The normalized spacial score (nSPS) is 17.7. The van der Waals surface area contributed by atoms with Crippen LogP contribution in [0.2, 0.25) is 25.1 Å². The Labute approximate surface area is 699 Å². The highest BCUT2D eigenvalue weighted by Gasteiger charge is 2.31. The highest BCUT2D eigenvalue weighted by atomic mass is 35.5. The van der Waals surface area contributed by atoms with E-state index in [1.54, 1.807) is 0 Å². The van der Waals surface area contributed by atoms with E-state index in [-0.39, 0.29) is 0 Å². The van der Waals surface area contributed by atoms with Gasteiger partial charge >= 0.3 is 0 Å². The number of aliphatic imine (C=N–C) groups is 5. The number of benzene rings is 10. The Morgan fingerprint density at radius 3 is 0.522 bits per heavy atom. The molecule has 20 rings (SSSR count). The molecule has 0 bridgehead atoms. The number of anilines is 10. The van der Waals surface area contributed by atoms with Gasteiger partial charge in [-0.2, -0.15) is 0 Å². The molecule has 0 amide bonds. The largest absolute Gasteiger partial charge is 0.353 e. The molecular formula is C90H95Cl5N20. The standard InChI is InChI=1S/5C18H19ClN4/c5*1-22-8-10-23(11-9-22)18-14-4-2-3-5-15(14)20-16-7-6-13(19)12-17(16)21-18/h5*2-7,12,20H,8-11H2,1H3. The van der Waals surface area contributed by atoms with Crippen LogP contribution in [0.25, 0.3) is 0 Å². The van der Waals surface area contributed by atoms with Crippen molar-refractivity contribution in [1.29, 1.82) is 0 Å². The van der Waals surface area contributed by atoms with Crippen molar-refractivity contribution in [3.05, 3.63) is 265 Å². The van der Waals surface area contributed by atoms with Crippen LogP contribution >= 0.6 is 58.0 Å². The summed E-state index contributed by atoms with van der Waals surface area (Å²) in [5, 5.41) is 21.0. The minimum Gasteiger partial charge on any atom is -0.353 e. The summed E-state index contributed by atoms with van der Waals surface area (Å²) in [6.45, 7) is 20.4. The van der Waals surface area contributed by atoms with E-state index in [1.807, 2.05) is 121 Å². The number of rotatable bonds is 0. The van der Waals surface area contributed by atoms with Gasteiger partial charge in [0.15, 0.2) is 0 Å². The molecule has 10 aliphatic heterocycles. The van der Waals surface area contributed by atoms with E-state index >= 15 is 0 Å². The number of amidine groups is 5. The molecule has 10 heterocycles. The zero-order valence-electron chi connectivity index (χ0n) is 65.4. The Bertz CT molecular complexity index is 4580. The van der Waals surface area contributed by atoms with E-state index in [0.717, 1.165) is 273 Å². The van der Waals surface area contributed by atoms with Crippen molar-refractivity contribution in [2.24, 2.45) is 25.0 Å². The van der Waals surface area contributed by atoms with E-state index in [9.17, 15) is 0 Å². The van der Waals surface area contributed by atoms with E-state index < -0.39 is 0 Å². The van der Waals surface area contributed by atoms with Gasteiger partial charge in [0.05, 0.1) is 56.9 Å². The van der Waals surface area contributed by atoms with Crippen LogP contribution in [-0.4, -0.2) is 244 Å². The van der Waals surface area contributed by atoms with Gasteiger partial charge in [-0.1, -0.05) is 119 Å². The monoisotopic (exact) mass is 1630 g/mol. The van der Waals surface area contributed by atoms with Crippen molar-refractivity contribution in [2.45, 2.75) is 0 Å². The van der Waals surface area contributed by atoms with Gasteiger partial charge < -0.3 is 75.6 Å². The Morgan fingerprint density at radius 1 is 0.200 bits per heavy atom. The van der Waals surface area contributed by atoms with E-state index in [4.69, 9.17) is 83.0 Å². The van der Waals surface area contributed by atoms with E-state index in [1.165, 1.54) is 0 Å². The first kappa shape index (κ1) is 78.7. The fourth-order valence-corrected chi connectivity index (χ4v) is 16.2. The molecule has 0 spiro atoms. The molecule has 0 aliphatic carbocycles. The molecule has 5 saturated heterocycles. The van der Waals surface area contributed by atoms with Crippen molar-refractivity contribution in [3.8, 4) is 0 Å². The highest BCUT2D eigenvalue weighted by Crippen LogP contribution is 2.43. The van der Waals surface area contributed by atoms with Gasteiger partial charge in [-0.3, -0.25) is 0 Å². The van der Waals surface area contributed by atoms with Crippen molar-refractivity contribution in [3.63, 3.8) is 0 Å². The lowest BCUT2D eigenvalue weighted by Crippen LogP contribution is -2.47. The zero-order chi connectivity index (χ0) is 79.1. The van der Waals surface area contributed by atoms with Crippen LogP contribution in [-0.2, 0) is 0 Å². The third-order valence-electron chi connectivity index (χ3n) is 22.1. The first-order valence-corrected chi connectivity index (χ1v) is 41.3. The number of nitrogens with one attached hydrogen (secondary N) is 5. The molecular weight excluding hydrogens is 1540 g/mol. The second-order valence-electron chi connectivity index (χ2n) is 30.3. The van der Waals surface area contributed by atoms with Crippen LogP contribution in [0.4, 0.5) is 85.3 Å². The molecule has 590 valence electrons. The van der Waals surface area contributed by atoms with E-state index in [0.29, 0.717) is 25.1 Å². The minimum atomic E-state index is 0.706. The van der Waals surface area contributed by atoms with Gasteiger partial charge in [-0.15, -0.1) is 0 Å². The molecule has 115 heavy (non-hydrogen) atoms. The zero-order valence-corrected chi connectivity index (χ0v) is 69.2. The average Bonchev–Trinajstić information content (AvgIpc) is 1.73. The quantitative estimate of drug-likeness (QED) is 0.0978. The van der Waals surface area contributed by atoms with Gasteiger partial charge in [0.1, 0.15) is 29.2 Å². The first-order valence-electron chi connectivity index (χ1n) is 39.4. The second kappa shape index (κ2) is 35.9.